The molecule has 2 atom stereocenters. The van der Waals surface area contributed by atoms with E-state index in [4.69, 9.17) is 9.90 Å². The SMILES string of the molecule is O=C(O)C(F)(F)F.O=C(c1cccnc1)N1C[C@H]2CN(c3ccsc3)C(=O)[C@H]2C1. The minimum absolute atomic E-state index is 0.0302. The van der Waals surface area contributed by atoms with E-state index in [0.29, 0.717) is 25.2 Å². The topological polar surface area (TPSA) is 90.8 Å². The molecule has 2 aliphatic rings. The second-order valence-electron chi connectivity index (χ2n) is 6.55. The fraction of sp³-hybridized carbons (Fsp3) is 0.333. The molecule has 0 aromatic carbocycles. The lowest BCUT2D eigenvalue weighted by atomic mass is 10.0. The van der Waals surface area contributed by atoms with Gasteiger partial charge in [-0.2, -0.15) is 24.5 Å². The van der Waals surface area contributed by atoms with E-state index in [1.165, 1.54) is 0 Å². The minimum Gasteiger partial charge on any atom is -0.475 e. The Labute approximate surface area is 167 Å². The average molecular weight is 427 g/mol. The molecule has 0 aliphatic carbocycles. The summed E-state index contributed by atoms with van der Waals surface area (Å²) in [6.07, 6.45) is -1.85. The van der Waals surface area contributed by atoms with Gasteiger partial charge in [-0.15, -0.1) is 0 Å². The molecule has 2 saturated heterocycles. The molecule has 0 radical (unpaired) electrons. The van der Waals surface area contributed by atoms with E-state index in [-0.39, 0.29) is 23.7 Å². The van der Waals surface area contributed by atoms with Crippen LogP contribution in [0.15, 0.2) is 41.4 Å². The smallest absolute Gasteiger partial charge is 0.475 e. The first-order valence-corrected chi connectivity index (χ1v) is 9.45. The second-order valence-corrected chi connectivity index (χ2v) is 7.33. The van der Waals surface area contributed by atoms with Crippen LogP contribution in [0.3, 0.4) is 0 Å². The third kappa shape index (κ3) is 4.56. The van der Waals surface area contributed by atoms with Gasteiger partial charge in [0.2, 0.25) is 5.91 Å². The molecular formula is C18H16F3N3O4S. The summed E-state index contributed by atoms with van der Waals surface area (Å²) in [7, 11) is 0. The summed E-state index contributed by atoms with van der Waals surface area (Å²) in [6, 6.07) is 5.50. The molecular weight excluding hydrogens is 411 g/mol. The van der Waals surface area contributed by atoms with Crippen LogP contribution in [-0.2, 0) is 9.59 Å². The standard InChI is InChI=1S/C16H15N3O2S.C2HF3O2/c20-15(11-2-1-4-17-6-11)18-7-12-8-19(13-3-5-22-10-13)16(21)14(12)9-18;3-2(4,5)1(6)7/h1-6,10,12,14H,7-9H2;(H,6,7)/t12-,14-;/m0./s1. The van der Waals surface area contributed by atoms with Crippen LogP contribution in [0.2, 0.25) is 0 Å². The number of halogens is 3. The van der Waals surface area contributed by atoms with Crippen molar-refractivity contribution in [3.8, 4) is 0 Å². The molecule has 7 nitrogen and oxygen atoms in total. The zero-order chi connectivity index (χ0) is 21.2. The predicted molar refractivity (Wildman–Crippen MR) is 97.5 cm³/mol. The van der Waals surface area contributed by atoms with Crippen LogP contribution >= 0.6 is 11.3 Å². The zero-order valence-electron chi connectivity index (χ0n) is 14.9. The van der Waals surface area contributed by atoms with Crippen LogP contribution in [0.1, 0.15) is 10.4 Å². The lowest BCUT2D eigenvalue weighted by molar-refractivity contribution is -0.192. The van der Waals surface area contributed by atoms with Crippen molar-refractivity contribution in [1.82, 2.24) is 9.88 Å². The van der Waals surface area contributed by atoms with Crippen molar-refractivity contribution in [3.05, 3.63) is 46.9 Å². The van der Waals surface area contributed by atoms with Crippen molar-refractivity contribution in [2.45, 2.75) is 6.18 Å². The normalized spacial score (nSPS) is 20.9. The first-order chi connectivity index (χ1) is 13.7. The van der Waals surface area contributed by atoms with Gasteiger partial charge >= 0.3 is 12.1 Å². The molecule has 0 unspecified atom stereocenters. The molecule has 0 spiro atoms. The predicted octanol–water partition coefficient (Wildman–Crippen LogP) is 2.51. The zero-order valence-corrected chi connectivity index (χ0v) is 15.7. The van der Waals surface area contributed by atoms with Crippen LogP contribution < -0.4 is 4.90 Å². The summed E-state index contributed by atoms with van der Waals surface area (Å²) >= 11 is 1.59. The van der Waals surface area contributed by atoms with Crippen LogP contribution in [0.4, 0.5) is 18.9 Å². The molecule has 1 N–H and O–H groups in total. The summed E-state index contributed by atoms with van der Waals surface area (Å²) in [5, 5.41) is 11.1. The average Bonchev–Trinajstić information content (AvgIpc) is 3.40. The number of aromatic nitrogens is 1. The fourth-order valence-corrected chi connectivity index (χ4v) is 3.98. The Morgan fingerprint density at radius 2 is 1.93 bits per heavy atom. The molecule has 4 heterocycles. The van der Waals surface area contributed by atoms with Crippen molar-refractivity contribution in [2.75, 3.05) is 24.5 Å². The maximum atomic E-state index is 12.6. The number of amides is 2. The molecule has 4 rings (SSSR count). The Morgan fingerprint density at radius 1 is 1.21 bits per heavy atom. The summed E-state index contributed by atoms with van der Waals surface area (Å²) in [5.74, 6) is -2.48. The number of alkyl halides is 3. The molecule has 29 heavy (non-hydrogen) atoms. The van der Waals surface area contributed by atoms with Crippen LogP contribution in [0, 0.1) is 11.8 Å². The van der Waals surface area contributed by atoms with Gasteiger partial charge in [0.05, 0.1) is 17.2 Å². The van der Waals surface area contributed by atoms with E-state index >= 15 is 0 Å². The van der Waals surface area contributed by atoms with Gasteiger partial charge in [0.15, 0.2) is 0 Å². The van der Waals surface area contributed by atoms with Crippen LogP contribution in [0.25, 0.3) is 0 Å². The number of anilines is 1. The molecule has 2 aromatic rings. The van der Waals surface area contributed by atoms with Crippen molar-refractivity contribution in [2.24, 2.45) is 11.8 Å². The largest absolute Gasteiger partial charge is 0.490 e. The highest BCUT2D eigenvalue weighted by Crippen LogP contribution is 2.36. The van der Waals surface area contributed by atoms with E-state index in [9.17, 15) is 22.8 Å². The number of aliphatic carboxylic acids is 1. The first-order valence-electron chi connectivity index (χ1n) is 8.51. The highest BCUT2D eigenvalue weighted by atomic mass is 32.1. The van der Waals surface area contributed by atoms with Gasteiger partial charge in [0.25, 0.3) is 5.91 Å². The van der Waals surface area contributed by atoms with E-state index in [1.807, 2.05) is 21.7 Å². The van der Waals surface area contributed by atoms with Crippen molar-refractivity contribution >= 4 is 34.8 Å². The maximum absolute atomic E-state index is 12.6. The van der Waals surface area contributed by atoms with Crippen LogP contribution in [0.5, 0.6) is 0 Å². The van der Waals surface area contributed by atoms with E-state index < -0.39 is 12.1 Å². The lowest BCUT2D eigenvalue weighted by Crippen LogP contribution is -2.35. The monoisotopic (exact) mass is 427 g/mol. The quantitative estimate of drug-likeness (QED) is 0.796. The number of hydrogen-bond acceptors (Lipinski definition) is 5. The number of carbonyl (C=O) groups is 3. The lowest BCUT2D eigenvalue weighted by Gasteiger charge is -2.21. The minimum atomic E-state index is -5.08. The van der Waals surface area contributed by atoms with Crippen molar-refractivity contribution < 1.29 is 32.7 Å². The van der Waals surface area contributed by atoms with Gasteiger partial charge in [-0.3, -0.25) is 14.6 Å². The third-order valence-electron chi connectivity index (χ3n) is 4.70. The Hall–Kier alpha value is -2.95. The summed E-state index contributed by atoms with van der Waals surface area (Å²) in [5.41, 5.74) is 1.57. The highest BCUT2D eigenvalue weighted by Gasteiger charge is 2.48. The van der Waals surface area contributed by atoms with E-state index in [1.54, 1.807) is 40.8 Å². The van der Waals surface area contributed by atoms with Gasteiger partial charge in [0.1, 0.15) is 0 Å². The number of thiophene rings is 1. The van der Waals surface area contributed by atoms with Crippen molar-refractivity contribution in [3.63, 3.8) is 0 Å². The van der Waals surface area contributed by atoms with E-state index in [2.05, 4.69) is 4.98 Å². The number of pyridine rings is 1. The fourth-order valence-electron chi connectivity index (χ4n) is 3.34. The molecule has 2 fully saturated rings. The Balaban J connectivity index is 0.000000298. The molecule has 0 saturated carbocycles. The number of carbonyl (C=O) groups excluding carboxylic acids is 2. The molecule has 0 bridgehead atoms. The first kappa shape index (κ1) is 20.8. The summed E-state index contributed by atoms with van der Waals surface area (Å²) in [4.78, 5) is 41.6. The molecule has 2 amide bonds. The number of rotatable bonds is 2. The van der Waals surface area contributed by atoms with Gasteiger partial charge in [-0.25, -0.2) is 4.79 Å². The van der Waals surface area contributed by atoms with Gasteiger partial charge < -0.3 is 14.9 Å². The van der Waals surface area contributed by atoms with Gasteiger partial charge in [-0.1, -0.05) is 0 Å². The molecule has 11 heteroatoms. The van der Waals surface area contributed by atoms with Gasteiger partial charge in [-0.05, 0) is 23.6 Å². The number of carboxylic acid groups (broad SMARTS) is 1. The Morgan fingerprint density at radius 3 is 2.45 bits per heavy atom. The van der Waals surface area contributed by atoms with Crippen molar-refractivity contribution in [1.29, 1.82) is 0 Å². The summed E-state index contributed by atoms with van der Waals surface area (Å²) in [6.45, 7) is 1.86. The molecule has 2 aromatic heterocycles. The van der Waals surface area contributed by atoms with E-state index in [0.717, 1.165) is 5.69 Å². The number of likely N-dealkylation sites (tertiary alicyclic amines) is 1. The second kappa shape index (κ2) is 8.19. The van der Waals surface area contributed by atoms with Crippen LogP contribution in [-0.4, -0.2) is 58.6 Å². The maximum Gasteiger partial charge on any atom is 0.490 e. The molecule has 2 aliphatic heterocycles. The Bertz CT molecular complexity index is 890. The number of nitrogens with zero attached hydrogens (tertiary/aromatic N) is 3. The number of carboxylic acids is 1. The number of fused-ring (bicyclic) bond motifs is 1. The molecule has 154 valence electrons. The Kier molecular flexibility index (Phi) is 5.87. The number of hydrogen-bond donors (Lipinski definition) is 1. The highest BCUT2D eigenvalue weighted by molar-refractivity contribution is 7.08. The third-order valence-corrected chi connectivity index (χ3v) is 5.37. The summed E-state index contributed by atoms with van der Waals surface area (Å²) < 4.78 is 31.7. The van der Waals surface area contributed by atoms with Gasteiger partial charge in [0, 0.05) is 43.3 Å².